The monoisotopic (exact) mass is 394 g/mol. The van der Waals surface area contributed by atoms with Crippen molar-refractivity contribution in [1.29, 1.82) is 0 Å². The van der Waals surface area contributed by atoms with Gasteiger partial charge in [-0.3, -0.25) is 9.59 Å². The van der Waals surface area contributed by atoms with Crippen molar-refractivity contribution in [3.05, 3.63) is 70.8 Å². The first kappa shape index (κ1) is 22.7. The molecule has 2 rings (SSSR count). The molecule has 1 N–H and O–H groups in total. The highest BCUT2D eigenvalue weighted by Crippen LogP contribution is 2.13. The SMILES string of the molecule is CCCCNC(=O)[C@H](C)N(CCc1ccccc1)C(=O)Cc1cc(C)cc(C)c1. The van der Waals surface area contributed by atoms with Gasteiger partial charge in [0.05, 0.1) is 6.42 Å². The van der Waals surface area contributed by atoms with Crippen LogP contribution in [0.5, 0.6) is 0 Å². The van der Waals surface area contributed by atoms with E-state index in [1.807, 2.05) is 51.1 Å². The third kappa shape index (κ3) is 7.37. The van der Waals surface area contributed by atoms with Crippen molar-refractivity contribution in [2.45, 2.75) is 59.4 Å². The summed E-state index contributed by atoms with van der Waals surface area (Å²) in [5.74, 6) is -0.0932. The summed E-state index contributed by atoms with van der Waals surface area (Å²) in [6.45, 7) is 9.17. The molecule has 4 nitrogen and oxygen atoms in total. The van der Waals surface area contributed by atoms with Crippen molar-refractivity contribution in [2.75, 3.05) is 13.1 Å². The van der Waals surface area contributed by atoms with Crippen molar-refractivity contribution in [3.63, 3.8) is 0 Å². The van der Waals surface area contributed by atoms with Gasteiger partial charge in [-0.2, -0.15) is 0 Å². The van der Waals surface area contributed by atoms with E-state index in [1.54, 1.807) is 4.90 Å². The van der Waals surface area contributed by atoms with E-state index in [0.717, 1.165) is 41.5 Å². The molecule has 1 atom stereocenters. The first-order valence-electron chi connectivity index (χ1n) is 10.6. The molecule has 0 saturated carbocycles. The Kier molecular flexibility index (Phi) is 8.91. The molecule has 2 amide bonds. The van der Waals surface area contributed by atoms with Crippen LogP contribution < -0.4 is 5.32 Å². The number of carbonyl (C=O) groups is 2. The Balaban J connectivity index is 2.13. The minimum Gasteiger partial charge on any atom is -0.354 e. The average Bonchev–Trinajstić information content (AvgIpc) is 2.68. The minimum atomic E-state index is -0.492. The van der Waals surface area contributed by atoms with Gasteiger partial charge in [0.1, 0.15) is 6.04 Å². The predicted octanol–water partition coefficient (Wildman–Crippen LogP) is 4.22. The number of hydrogen-bond acceptors (Lipinski definition) is 2. The van der Waals surface area contributed by atoms with E-state index in [9.17, 15) is 9.59 Å². The molecule has 2 aromatic rings. The standard InChI is InChI=1S/C25H34N2O2/c1-5-6-13-26-25(29)21(4)27(14-12-22-10-8-7-9-11-22)24(28)18-23-16-19(2)15-20(3)17-23/h7-11,15-17,21H,5-6,12-14,18H2,1-4H3,(H,26,29)/t21-/m0/s1. The number of carbonyl (C=O) groups excluding carboxylic acids is 2. The maximum absolute atomic E-state index is 13.2. The van der Waals surface area contributed by atoms with E-state index < -0.39 is 6.04 Å². The van der Waals surface area contributed by atoms with E-state index >= 15 is 0 Å². The van der Waals surface area contributed by atoms with Gasteiger partial charge in [-0.05, 0) is 44.7 Å². The van der Waals surface area contributed by atoms with Crippen LogP contribution in [0.4, 0.5) is 0 Å². The topological polar surface area (TPSA) is 49.4 Å². The lowest BCUT2D eigenvalue weighted by molar-refractivity contribution is -0.139. The molecule has 0 radical (unpaired) electrons. The number of hydrogen-bond donors (Lipinski definition) is 1. The molecule has 29 heavy (non-hydrogen) atoms. The van der Waals surface area contributed by atoms with Gasteiger partial charge in [0.2, 0.25) is 11.8 Å². The molecule has 0 heterocycles. The Hall–Kier alpha value is -2.62. The van der Waals surface area contributed by atoms with Crippen LogP contribution in [0.1, 0.15) is 48.9 Å². The zero-order valence-corrected chi connectivity index (χ0v) is 18.2. The molecule has 156 valence electrons. The summed E-state index contributed by atoms with van der Waals surface area (Å²) in [7, 11) is 0. The molecule has 0 bridgehead atoms. The molecule has 0 unspecified atom stereocenters. The fraction of sp³-hybridized carbons (Fsp3) is 0.440. The van der Waals surface area contributed by atoms with Gasteiger partial charge in [-0.15, -0.1) is 0 Å². The summed E-state index contributed by atoms with van der Waals surface area (Å²) in [5, 5.41) is 2.97. The summed E-state index contributed by atoms with van der Waals surface area (Å²) in [4.78, 5) is 27.5. The molecule has 0 saturated heterocycles. The number of nitrogens with zero attached hydrogens (tertiary/aromatic N) is 1. The third-order valence-corrected chi connectivity index (χ3v) is 5.12. The number of amides is 2. The van der Waals surface area contributed by atoms with Crippen LogP contribution in [-0.2, 0) is 22.4 Å². The van der Waals surface area contributed by atoms with Crippen LogP contribution in [-0.4, -0.2) is 35.8 Å². The Morgan fingerprint density at radius 3 is 2.28 bits per heavy atom. The zero-order valence-electron chi connectivity index (χ0n) is 18.2. The molecule has 0 aliphatic rings. The van der Waals surface area contributed by atoms with Crippen molar-refractivity contribution < 1.29 is 9.59 Å². The van der Waals surface area contributed by atoms with Gasteiger partial charge >= 0.3 is 0 Å². The summed E-state index contributed by atoms with van der Waals surface area (Å²) in [6, 6.07) is 15.8. The van der Waals surface area contributed by atoms with E-state index in [0.29, 0.717) is 19.5 Å². The lowest BCUT2D eigenvalue weighted by Crippen LogP contribution is -2.49. The smallest absolute Gasteiger partial charge is 0.242 e. The lowest BCUT2D eigenvalue weighted by Gasteiger charge is -2.29. The maximum atomic E-state index is 13.2. The molecule has 0 spiro atoms. The van der Waals surface area contributed by atoms with Crippen LogP contribution in [0, 0.1) is 13.8 Å². The average molecular weight is 395 g/mol. The molecule has 4 heteroatoms. The summed E-state index contributed by atoms with van der Waals surface area (Å²) < 4.78 is 0. The highest BCUT2D eigenvalue weighted by atomic mass is 16.2. The number of aryl methyl sites for hydroxylation is 2. The Labute approximate surface area is 175 Å². The Morgan fingerprint density at radius 1 is 1.00 bits per heavy atom. The molecule has 0 fully saturated rings. The van der Waals surface area contributed by atoms with Crippen LogP contribution in [0.2, 0.25) is 0 Å². The van der Waals surface area contributed by atoms with Gasteiger partial charge in [-0.25, -0.2) is 0 Å². The molecule has 2 aromatic carbocycles. The lowest BCUT2D eigenvalue weighted by atomic mass is 10.0. The molecule has 0 aliphatic heterocycles. The van der Waals surface area contributed by atoms with Crippen LogP contribution >= 0.6 is 0 Å². The predicted molar refractivity (Wildman–Crippen MR) is 119 cm³/mol. The van der Waals surface area contributed by atoms with Crippen molar-refractivity contribution in [2.24, 2.45) is 0 Å². The van der Waals surface area contributed by atoms with Crippen LogP contribution in [0.15, 0.2) is 48.5 Å². The highest BCUT2D eigenvalue weighted by Gasteiger charge is 2.25. The van der Waals surface area contributed by atoms with E-state index in [1.165, 1.54) is 0 Å². The normalized spacial score (nSPS) is 11.7. The first-order chi connectivity index (χ1) is 13.9. The molecular formula is C25H34N2O2. The third-order valence-electron chi connectivity index (χ3n) is 5.12. The molecule has 0 aliphatic carbocycles. The number of benzene rings is 2. The highest BCUT2D eigenvalue weighted by molar-refractivity contribution is 5.88. The molecular weight excluding hydrogens is 360 g/mol. The Morgan fingerprint density at radius 2 is 1.66 bits per heavy atom. The fourth-order valence-electron chi connectivity index (χ4n) is 3.55. The second-order valence-electron chi connectivity index (χ2n) is 7.82. The van der Waals surface area contributed by atoms with Crippen LogP contribution in [0.3, 0.4) is 0 Å². The summed E-state index contributed by atoms with van der Waals surface area (Å²) in [5.41, 5.74) is 4.45. The minimum absolute atomic E-state index is 0.0101. The van der Waals surface area contributed by atoms with Crippen molar-refractivity contribution in [1.82, 2.24) is 10.2 Å². The van der Waals surface area contributed by atoms with Gasteiger partial charge in [0, 0.05) is 13.1 Å². The second-order valence-corrected chi connectivity index (χ2v) is 7.82. The van der Waals surface area contributed by atoms with Gasteiger partial charge in [0.25, 0.3) is 0 Å². The first-order valence-corrected chi connectivity index (χ1v) is 10.6. The number of unbranched alkanes of at least 4 members (excludes halogenated alkanes) is 1. The summed E-state index contributed by atoms with van der Waals surface area (Å²) >= 11 is 0. The zero-order chi connectivity index (χ0) is 21.2. The number of nitrogens with one attached hydrogen (secondary N) is 1. The number of rotatable bonds is 10. The second kappa shape index (κ2) is 11.4. The van der Waals surface area contributed by atoms with Crippen molar-refractivity contribution in [3.8, 4) is 0 Å². The van der Waals surface area contributed by atoms with Crippen LogP contribution in [0.25, 0.3) is 0 Å². The Bertz CT molecular complexity index is 781. The van der Waals surface area contributed by atoms with Crippen molar-refractivity contribution >= 4 is 11.8 Å². The molecule has 0 aromatic heterocycles. The van der Waals surface area contributed by atoms with Gasteiger partial charge in [0.15, 0.2) is 0 Å². The van der Waals surface area contributed by atoms with Gasteiger partial charge in [-0.1, -0.05) is 73.0 Å². The van der Waals surface area contributed by atoms with E-state index in [2.05, 4.69) is 30.4 Å². The fourth-order valence-corrected chi connectivity index (χ4v) is 3.55. The largest absolute Gasteiger partial charge is 0.354 e. The quantitative estimate of drug-likeness (QED) is 0.613. The van der Waals surface area contributed by atoms with E-state index in [-0.39, 0.29) is 11.8 Å². The maximum Gasteiger partial charge on any atom is 0.242 e. The summed E-state index contributed by atoms with van der Waals surface area (Å²) in [6.07, 6.45) is 3.01. The van der Waals surface area contributed by atoms with Gasteiger partial charge < -0.3 is 10.2 Å². The van der Waals surface area contributed by atoms with E-state index in [4.69, 9.17) is 0 Å².